The summed E-state index contributed by atoms with van der Waals surface area (Å²) in [4.78, 5) is 13.2. The first-order valence-corrected chi connectivity index (χ1v) is 12.7. The van der Waals surface area contributed by atoms with Crippen LogP contribution < -0.4 is 0 Å². The fourth-order valence-corrected chi connectivity index (χ4v) is 4.20. The molecule has 0 unspecified atom stereocenters. The van der Waals surface area contributed by atoms with Gasteiger partial charge in [-0.05, 0) is 20.8 Å². The third kappa shape index (κ3) is 7.98. The molecule has 7 heteroatoms. The Kier molecular flexibility index (Phi) is 10.9. The predicted molar refractivity (Wildman–Crippen MR) is 157 cm³/mol. The largest absolute Gasteiger partial charge is 3.00 e. The van der Waals surface area contributed by atoms with Gasteiger partial charge in [0, 0.05) is 56.8 Å². The minimum atomic E-state index is 0. The Labute approximate surface area is 250 Å². The maximum Gasteiger partial charge on any atom is 3.00 e. The number of imidazole rings is 3. The van der Waals surface area contributed by atoms with E-state index in [9.17, 15) is 0 Å². The molecule has 6 rings (SSSR count). The molecule has 3 aromatic carbocycles. The van der Waals surface area contributed by atoms with Crippen LogP contribution in [0.2, 0.25) is 0 Å². The summed E-state index contributed by atoms with van der Waals surface area (Å²) in [5, 5.41) is 0. The monoisotopic (exact) mass is 706 g/mol. The van der Waals surface area contributed by atoms with Gasteiger partial charge < -0.3 is 13.7 Å². The van der Waals surface area contributed by atoms with Crippen LogP contribution in [0.15, 0.2) is 91.4 Å². The summed E-state index contributed by atoms with van der Waals surface area (Å²) in [6.45, 7) is 5.98. The van der Waals surface area contributed by atoms with Crippen LogP contribution in [0.4, 0.5) is 0 Å². The molecule has 3 aromatic heterocycles. The molecule has 0 saturated heterocycles. The van der Waals surface area contributed by atoms with E-state index in [1.165, 1.54) is 0 Å². The number of nitrogens with zero attached hydrogens (tertiary/aromatic N) is 6. The molecule has 6 aromatic rings. The van der Waals surface area contributed by atoms with Crippen molar-refractivity contribution in [2.24, 2.45) is 21.1 Å². The zero-order chi connectivity index (χ0) is 27.8. The number of aryl methyl sites for hydroxylation is 6. The van der Waals surface area contributed by atoms with E-state index in [1.807, 2.05) is 147 Å². The van der Waals surface area contributed by atoms with Crippen molar-refractivity contribution in [1.29, 1.82) is 0 Å². The van der Waals surface area contributed by atoms with Crippen LogP contribution in [0.3, 0.4) is 0 Å². The van der Waals surface area contributed by atoms with Gasteiger partial charge in [0.2, 0.25) is 0 Å². The van der Waals surface area contributed by atoms with E-state index in [0.717, 1.165) is 51.2 Å². The molecule has 204 valence electrons. The predicted octanol–water partition coefficient (Wildman–Crippen LogP) is 6.58. The van der Waals surface area contributed by atoms with Crippen LogP contribution in [0.1, 0.15) is 17.1 Å². The first-order chi connectivity index (χ1) is 18.8. The van der Waals surface area contributed by atoms with E-state index in [1.54, 1.807) is 0 Å². The normalized spacial score (nSPS) is 10.1. The third-order valence-electron chi connectivity index (χ3n) is 5.84. The number of rotatable bonds is 3. The Balaban J connectivity index is 0.000000163. The zero-order valence-electron chi connectivity index (χ0n) is 23.7. The van der Waals surface area contributed by atoms with Crippen LogP contribution >= 0.6 is 0 Å². The van der Waals surface area contributed by atoms with Gasteiger partial charge in [-0.1, -0.05) is 0 Å². The Hall–Kier alpha value is -4.06. The second-order valence-electron chi connectivity index (χ2n) is 9.28. The van der Waals surface area contributed by atoms with Crippen molar-refractivity contribution < 1.29 is 20.1 Å². The average molecular weight is 706 g/mol. The van der Waals surface area contributed by atoms with Gasteiger partial charge >= 0.3 is 20.1 Å². The van der Waals surface area contributed by atoms with Gasteiger partial charge in [-0.25, -0.2) is 0 Å². The molecule has 0 fully saturated rings. The Bertz CT molecular complexity index is 1400. The topological polar surface area (TPSA) is 53.5 Å². The van der Waals surface area contributed by atoms with Crippen LogP contribution in [0.5, 0.6) is 0 Å². The molecule has 0 aliphatic heterocycles. The van der Waals surface area contributed by atoms with E-state index >= 15 is 0 Å². The maximum absolute atomic E-state index is 4.41. The molecular weight excluding hydrogens is 673 g/mol. The summed E-state index contributed by atoms with van der Waals surface area (Å²) in [6.07, 6.45) is 6.03. The minimum Gasteiger partial charge on any atom is -0.373 e. The van der Waals surface area contributed by atoms with Crippen molar-refractivity contribution in [3.8, 4) is 34.2 Å². The fraction of sp³-hybridized carbons (Fsp3) is 0.182. The Morgan fingerprint density at radius 1 is 0.475 bits per heavy atom. The number of hydrogen-bond acceptors (Lipinski definition) is 3. The number of benzene rings is 3. The van der Waals surface area contributed by atoms with Gasteiger partial charge in [-0.15, -0.1) is 108 Å². The molecule has 3 heterocycles. The zero-order valence-corrected chi connectivity index (χ0v) is 26.1. The summed E-state index contributed by atoms with van der Waals surface area (Å²) in [5.74, 6) is 2.91. The molecule has 0 aliphatic carbocycles. The van der Waals surface area contributed by atoms with E-state index in [0.29, 0.717) is 0 Å². The maximum atomic E-state index is 4.41. The van der Waals surface area contributed by atoms with Crippen molar-refractivity contribution in [3.05, 3.63) is 127 Å². The summed E-state index contributed by atoms with van der Waals surface area (Å²) in [5.41, 5.74) is 6.23. The second kappa shape index (κ2) is 14.4. The molecule has 0 radical (unpaired) electrons. The average Bonchev–Trinajstić information content (AvgIpc) is 3.60. The first-order valence-electron chi connectivity index (χ1n) is 12.7. The molecule has 0 spiro atoms. The van der Waals surface area contributed by atoms with E-state index in [2.05, 4.69) is 33.2 Å². The van der Waals surface area contributed by atoms with Crippen LogP contribution in [0, 0.1) is 39.0 Å². The van der Waals surface area contributed by atoms with Gasteiger partial charge in [0.1, 0.15) is 0 Å². The van der Waals surface area contributed by atoms with E-state index < -0.39 is 0 Å². The molecular formula is C33H33IrN6. The summed E-state index contributed by atoms with van der Waals surface area (Å²) in [7, 11) is 5.99. The molecule has 0 aliphatic rings. The fourth-order valence-electron chi connectivity index (χ4n) is 4.20. The van der Waals surface area contributed by atoms with Crippen molar-refractivity contribution in [3.63, 3.8) is 0 Å². The summed E-state index contributed by atoms with van der Waals surface area (Å²) in [6, 6.07) is 33.1. The van der Waals surface area contributed by atoms with Crippen molar-refractivity contribution in [2.45, 2.75) is 20.8 Å². The molecule has 0 bridgehead atoms. The molecule has 0 atom stereocenters. The van der Waals surface area contributed by atoms with Crippen LogP contribution in [-0.2, 0) is 41.2 Å². The van der Waals surface area contributed by atoms with Gasteiger partial charge in [-0.3, -0.25) is 15.0 Å². The smallest absolute Gasteiger partial charge is 0.373 e. The summed E-state index contributed by atoms with van der Waals surface area (Å²) < 4.78 is 6.05. The van der Waals surface area contributed by atoms with Crippen LogP contribution in [0.25, 0.3) is 34.2 Å². The molecule has 0 amide bonds. The third-order valence-corrected chi connectivity index (χ3v) is 5.84. The molecule has 0 saturated carbocycles. The minimum absolute atomic E-state index is 0. The van der Waals surface area contributed by atoms with Crippen LogP contribution in [-0.4, -0.2) is 28.7 Å². The van der Waals surface area contributed by atoms with Crippen molar-refractivity contribution in [2.75, 3.05) is 0 Å². The molecule has 0 N–H and O–H groups in total. The quantitative estimate of drug-likeness (QED) is 0.196. The number of hydrogen-bond donors (Lipinski definition) is 0. The summed E-state index contributed by atoms with van der Waals surface area (Å²) >= 11 is 0. The van der Waals surface area contributed by atoms with E-state index in [4.69, 9.17) is 0 Å². The van der Waals surface area contributed by atoms with Crippen molar-refractivity contribution >= 4 is 0 Å². The SMILES string of the molecule is Cc1cn(C)c(-c2[c-]cccc2)n1.Cc1cn(C)c(-c2[c-]cccc2)n1.Cc1cn(C)c(-c2[c-]cccc2)n1.[Ir+3]. The molecule has 6 nitrogen and oxygen atoms in total. The molecule has 40 heavy (non-hydrogen) atoms. The number of aromatic nitrogens is 6. The van der Waals surface area contributed by atoms with Gasteiger partial charge in [0.15, 0.2) is 0 Å². The standard InChI is InChI=1S/3C11H11N2.Ir/c3*1-9-8-13(2)11(12-9)10-6-4-3-5-7-10;/h3*3-6,8H,1-2H3;/q3*-1;+3. The van der Waals surface area contributed by atoms with Gasteiger partial charge in [0.25, 0.3) is 0 Å². The van der Waals surface area contributed by atoms with Gasteiger partial charge in [-0.2, -0.15) is 0 Å². The van der Waals surface area contributed by atoms with Crippen molar-refractivity contribution in [1.82, 2.24) is 28.7 Å². The Morgan fingerprint density at radius 3 is 0.925 bits per heavy atom. The van der Waals surface area contributed by atoms with Gasteiger partial charge in [0.05, 0.1) is 17.5 Å². The first kappa shape index (κ1) is 30.5. The Morgan fingerprint density at radius 2 is 0.750 bits per heavy atom. The second-order valence-corrected chi connectivity index (χ2v) is 9.28. The van der Waals surface area contributed by atoms with E-state index in [-0.39, 0.29) is 20.1 Å².